The van der Waals surface area contributed by atoms with Gasteiger partial charge in [-0.2, -0.15) is 0 Å². The van der Waals surface area contributed by atoms with E-state index in [0.29, 0.717) is 36.3 Å². The number of fused-ring (bicyclic) bond motifs is 1. The van der Waals surface area contributed by atoms with E-state index in [1.54, 1.807) is 0 Å². The van der Waals surface area contributed by atoms with Gasteiger partial charge in [-0.05, 0) is 57.3 Å². The van der Waals surface area contributed by atoms with E-state index < -0.39 is 11.1 Å². The van der Waals surface area contributed by atoms with Crippen molar-refractivity contribution in [1.29, 1.82) is 0 Å². The van der Waals surface area contributed by atoms with E-state index in [1.807, 2.05) is 6.92 Å². The average Bonchev–Trinajstić information content (AvgIpc) is 2.51. The third-order valence-corrected chi connectivity index (χ3v) is 7.40. The molecule has 0 heterocycles. The van der Waals surface area contributed by atoms with Gasteiger partial charge in [-0.3, -0.25) is 0 Å². The van der Waals surface area contributed by atoms with Gasteiger partial charge in [0.05, 0.1) is 11.7 Å². The lowest BCUT2D eigenvalue weighted by molar-refractivity contribution is 0.00846. The van der Waals surface area contributed by atoms with Crippen LogP contribution < -0.4 is 0 Å². The first kappa shape index (κ1) is 20.7. The molecule has 0 spiro atoms. The Morgan fingerprint density at radius 3 is 2.46 bits per heavy atom. The van der Waals surface area contributed by atoms with Gasteiger partial charge in [-0.15, -0.1) is 0 Å². The molecular weight excluding hydrogens is 322 g/mol. The highest BCUT2D eigenvalue weighted by molar-refractivity contribution is 6.39. The Kier molecular flexibility index (Phi) is 6.84. The van der Waals surface area contributed by atoms with Gasteiger partial charge in [0.1, 0.15) is 15.1 Å². The quantitative estimate of drug-likeness (QED) is 0.661. The number of hydrogen-bond acceptors (Lipinski definition) is 3. The van der Waals surface area contributed by atoms with Crippen molar-refractivity contribution in [3.05, 3.63) is 0 Å². The normalized spacial score (nSPS) is 48.4. The van der Waals surface area contributed by atoms with Gasteiger partial charge < -0.3 is 15.3 Å². The fraction of sp³-hybridized carbons (Fsp3) is 1.00. The van der Waals surface area contributed by atoms with Gasteiger partial charge in [0.25, 0.3) is 0 Å². The molecule has 7 unspecified atom stereocenters. The maximum Gasteiger partial charge on any atom is 0.118 e. The molecule has 3 saturated carbocycles. The Balaban J connectivity index is 1.66. The Morgan fingerprint density at radius 1 is 0.923 bits per heavy atom. The molecule has 3 aliphatic carbocycles. The molecule has 0 aromatic carbocycles. The second kappa shape index (κ2) is 8.57. The number of aliphatic hydroxyl groups is 3. The largest absolute Gasteiger partial charge is 0.400 e. The minimum absolute atomic E-state index is 0.274. The number of aliphatic hydroxyl groups excluding tert-OH is 1. The molecule has 26 heavy (non-hydrogen) atoms. The SMILES string of the molecule is [B]C1(O)CCCCC2C([B]C3CCCCC(C)(O)CC3)CC(O)CC2C1. The van der Waals surface area contributed by atoms with Crippen LogP contribution in [0.25, 0.3) is 0 Å². The minimum atomic E-state index is -1.07. The van der Waals surface area contributed by atoms with Crippen molar-refractivity contribution in [2.24, 2.45) is 11.8 Å². The Labute approximate surface area is 162 Å². The van der Waals surface area contributed by atoms with E-state index in [9.17, 15) is 15.3 Å². The van der Waals surface area contributed by atoms with Crippen molar-refractivity contribution in [3.8, 4) is 0 Å². The van der Waals surface area contributed by atoms with Gasteiger partial charge >= 0.3 is 0 Å². The molecule has 3 fully saturated rings. The van der Waals surface area contributed by atoms with E-state index in [1.165, 1.54) is 19.3 Å². The summed E-state index contributed by atoms with van der Waals surface area (Å²) >= 11 is 0. The van der Waals surface area contributed by atoms with Gasteiger partial charge in [-0.25, -0.2) is 0 Å². The zero-order valence-electron chi connectivity index (χ0n) is 16.6. The highest BCUT2D eigenvalue weighted by Crippen LogP contribution is 2.48. The summed E-state index contributed by atoms with van der Waals surface area (Å²) in [5.41, 5.74) is -1.58. The van der Waals surface area contributed by atoms with Gasteiger partial charge in [-0.1, -0.05) is 56.6 Å². The molecule has 145 valence electrons. The highest BCUT2D eigenvalue weighted by Gasteiger charge is 2.41. The van der Waals surface area contributed by atoms with Crippen LogP contribution in [-0.4, -0.2) is 47.7 Å². The Bertz CT molecular complexity index is 455. The predicted octanol–water partition coefficient (Wildman–Crippen LogP) is 3.58. The van der Waals surface area contributed by atoms with E-state index in [4.69, 9.17) is 7.85 Å². The molecule has 0 bridgehead atoms. The summed E-state index contributed by atoms with van der Waals surface area (Å²) in [6, 6.07) is 0. The maximum atomic E-state index is 10.5. The first-order valence-corrected chi connectivity index (χ1v) is 11.0. The van der Waals surface area contributed by atoms with Gasteiger partial charge in [0, 0.05) is 5.50 Å². The van der Waals surface area contributed by atoms with Crippen LogP contribution in [0, 0.1) is 11.8 Å². The van der Waals surface area contributed by atoms with Crippen LogP contribution in [0.2, 0.25) is 11.6 Å². The summed E-state index contributed by atoms with van der Waals surface area (Å²) in [5, 5.41) is 31.4. The molecule has 0 aliphatic heterocycles. The Morgan fingerprint density at radius 2 is 1.65 bits per heavy atom. The number of hydrogen-bond donors (Lipinski definition) is 3. The minimum Gasteiger partial charge on any atom is -0.400 e. The van der Waals surface area contributed by atoms with Crippen LogP contribution in [0.15, 0.2) is 0 Å². The summed E-state index contributed by atoms with van der Waals surface area (Å²) in [4.78, 5) is 0. The molecule has 3 radical (unpaired) electrons. The second-order valence-corrected chi connectivity index (χ2v) is 10.0. The summed E-state index contributed by atoms with van der Waals surface area (Å²) in [5.74, 6) is 1.83. The van der Waals surface area contributed by atoms with Crippen molar-refractivity contribution >= 4 is 15.1 Å². The maximum absolute atomic E-state index is 10.5. The van der Waals surface area contributed by atoms with Crippen LogP contribution in [0.3, 0.4) is 0 Å². The molecule has 3 nitrogen and oxygen atoms in total. The van der Waals surface area contributed by atoms with Gasteiger partial charge in [0.2, 0.25) is 0 Å². The molecule has 0 amide bonds. The lowest BCUT2D eigenvalue weighted by atomic mass is 9.43. The monoisotopic (exact) mass is 359 g/mol. The molecule has 3 rings (SSSR count). The summed E-state index contributed by atoms with van der Waals surface area (Å²) < 4.78 is 0. The van der Waals surface area contributed by atoms with E-state index in [-0.39, 0.29) is 6.10 Å². The van der Waals surface area contributed by atoms with Gasteiger partial charge in [0.15, 0.2) is 0 Å². The van der Waals surface area contributed by atoms with Crippen molar-refractivity contribution in [2.45, 2.75) is 119 Å². The lowest BCUT2D eigenvalue weighted by Gasteiger charge is -2.46. The van der Waals surface area contributed by atoms with E-state index in [0.717, 1.165) is 51.4 Å². The van der Waals surface area contributed by atoms with E-state index >= 15 is 0 Å². The summed E-state index contributed by atoms with van der Waals surface area (Å²) in [6.07, 6.45) is 12.3. The molecule has 5 heteroatoms. The third kappa shape index (κ3) is 5.75. The first-order chi connectivity index (χ1) is 12.2. The molecule has 0 aromatic heterocycles. The zero-order chi connectivity index (χ0) is 18.8. The first-order valence-electron chi connectivity index (χ1n) is 11.0. The molecule has 3 aliphatic rings. The van der Waals surface area contributed by atoms with Crippen LogP contribution in [0.5, 0.6) is 0 Å². The predicted molar refractivity (Wildman–Crippen MR) is 108 cm³/mol. The summed E-state index contributed by atoms with van der Waals surface area (Å²) in [7, 11) is 8.66. The fourth-order valence-electron chi connectivity index (χ4n) is 5.95. The van der Waals surface area contributed by atoms with Crippen molar-refractivity contribution in [2.75, 3.05) is 0 Å². The van der Waals surface area contributed by atoms with Crippen LogP contribution in [0.4, 0.5) is 0 Å². The molecule has 3 N–H and O–H groups in total. The summed E-state index contributed by atoms with van der Waals surface area (Å²) in [6.45, 7) is 1.98. The number of rotatable bonds is 2. The molecule has 0 aromatic rings. The molecule has 7 atom stereocenters. The lowest BCUT2D eigenvalue weighted by Crippen LogP contribution is -2.42. The zero-order valence-corrected chi connectivity index (χ0v) is 16.6. The third-order valence-electron chi connectivity index (χ3n) is 7.40. The van der Waals surface area contributed by atoms with E-state index in [2.05, 4.69) is 7.28 Å². The Hall–Kier alpha value is 0.00987. The van der Waals surface area contributed by atoms with Crippen molar-refractivity contribution in [1.82, 2.24) is 0 Å². The van der Waals surface area contributed by atoms with Crippen LogP contribution in [0.1, 0.15) is 90.4 Å². The van der Waals surface area contributed by atoms with Crippen LogP contribution >= 0.6 is 0 Å². The average molecular weight is 359 g/mol. The second-order valence-electron chi connectivity index (χ2n) is 10.0. The van der Waals surface area contributed by atoms with Crippen molar-refractivity contribution in [3.63, 3.8) is 0 Å². The van der Waals surface area contributed by atoms with Crippen LogP contribution in [-0.2, 0) is 0 Å². The molecular formula is C21H37B2O3. The fourth-order valence-corrected chi connectivity index (χ4v) is 5.95. The van der Waals surface area contributed by atoms with Crippen molar-refractivity contribution < 1.29 is 15.3 Å². The molecule has 0 saturated heterocycles. The smallest absolute Gasteiger partial charge is 0.118 e. The standard InChI is InChI=1S/C21H37B2O3/c1-20(25)9-4-2-6-16(8-11-20)23-19-13-17(24)12-15-14-21(22,26)10-5-3-7-18(15)19/h15-19,24-26H,2-14H2,1H3. The topological polar surface area (TPSA) is 60.7 Å². The highest BCUT2D eigenvalue weighted by atomic mass is 16.3.